The van der Waals surface area contributed by atoms with Gasteiger partial charge in [0.15, 0.2) is 0 Å². The van der Waals surface area contributed by atoms with Gasteiger partial charge in [-0.2, -0.15) is 0 Å². The first-order valence-corrected chi connectivity index (χ1v) is 3.52. The molecule has 0 amide bonds. The van der Waals surface area contributed by atoms with Crippen LogP contribution in [0.1, 0.15) is 5.76 Å². The monoisotopic (exact) mass is 186 g/mol. The summed E-state index contributed by atoms with van der Waals surface area (Å²) in [5, 5.41) is 10.1. The Hall–Kier alpha value is -1.43. The summed E-state index contributed by atoms with van der Waals surface area (Å²) in [6, 6.07) is 2.75. The van der Waals surface area contributed by atoms with Crippen LogP contribution in [0.2, 0.25) is 0 Å². The maximum absolute atomic E-state index is 10.1. The van der Waals surface area contributed by atoms with E-state index in [-0.39, 0.29) is 17.3 Å². The molecule has 0 bridgehead atoms. The number of nitrogens with zero attached hydrogens (tertiary/aromatic N) is 1. The summed E-state index contributed by atoms with van der Waals surface area (Å²) in [6.45, 7) is 0. The van der Waals surface area contributed by atoms with Gasteiger partial charge in [0, 0.05) is 0 Å². The minimum atomic E-state index is -0.608. The standard InChI is InChI=1S/C6H6N2O3S/c7-5(12)3-4-1-2-6(11-4)8(9)10/h1-2H,3H2,(H2,7,12). The summed E-state index contributed by atoms with van der Waals surface area (Å²) in [6.07, 6.45) is 0.253. The second kappa shape index (κ2) is 3.31. The van der Waals surface area contributed by atoms with Gasteiger partial charge in [0.25, 0.3) is 0 Å². The van der Waals surface area contributed by atoms with Crippen LogP contribution in [0.25, 0.3) is 0 Å². The van der Waals surface area contributed by atoms with Crippen molar-refractivity contribution in [3.63, 3.8) is 0 Å². The predicted octanol–water partition coefficient (Wildman–Crippen LogP) is 1.02. The topological polar surface area (TPSA) is 82.3 Å². The molecule has 0 saturated carbocycles. The lowest BCUT2D eigenvalue weighted by Gasteiger charge is -1.90. The fourth-order valence-electron chi connectivity index (χ4n) is 0.731. The molecule has 0 aliphatic heterocycles. The van der Waals surface area contributed by atoms with E-state index in [4.69, 9.17) is 10.2 Å². The molecule has 0 aromatic carbocycles. The highest BCUT2D eigenvalue weighted by Gasteiger charge is 2.11. The molecule has 0 aliphatic rings. The Morgan fingerprint density at radius 2 is 2.42 bits per heavy atom. The van der Waals surface area contributed by atoms with Gasteiger partial charge in [0.2, 0.25) is 0 Å². The molecule has 12 heavy (non-hydrogen) atoms. The van der Waals surface area contributed by atoms with Crippen LogP contribution in [0.3, 0.4) is 0 Å². The molecule has 0 aliphatic carbocycles. The van der Waals surface area contributed by atoms with Crippen LogP contribution in [-0.2, 0) is 6.42 Å². The third-order valence-electron chi connectivity index (χ3n) is 1.18. The van der Waals surface area contributed by atoms with Crippen LogP contribution >= 0.6 is 12.2 Å². The number of furan rings is 1. The molecule has 0 radical (unpaired) electrons. The zero-order valence-electron chi connectivity index (χ0n) is 6.02. The van der Waals surface area contributed by atoms with Crippen molar-refractivity contribution in [2.75, 3.05) is 0 Å². The van der Waals surface area contributed by atoms with E-state index in [1.54, 1.807) is 0 Å². The average molecular weight is 186 g/mol. The van der Waals surface area contributed by atoms with Crippen molar-refractivity contribution in [1.82, 2.24) is 0 Å². The normalized spacial score (nSPS) is 9.67. The van der Waals surface area contributed by atoms with Crippen molar-refractivity contribution in [2.24, 2.45) is 5.73 Å². The van der Waals surface area contributed by atoms with Crippen molar-refractivity contribution in [3.05, 3.63) is 28.0 Å². The fourth-order valence-corrected chi connectivity index (χ4v) is 0.874. The number of hydrogen-bond donors (Lipinski definition) is 1. The quantitative estimate of drug-likeness (QED) is 0.433. The lowest BCUT2D eigenvalue weighted by molar-refractivity contribution is -0.402. The third kappa shape index (κ3) is 2.03. The zero-order valence-corrected chi connectivity index (χ0v) is 6.84. The summed E-state index contributed by atoms with van der Waals surface area (Å²) < 4.78 is 4.79. The largest absolute Gasteiger partial charge is 0.433 e. The van der Waals surface area contributed by atoms with Crippen molar-refractivity contribution >= 4 is 23.1 Å². The summed E-state index contributed by atoms with van der Waals surface area (Å²) in [5.41, 5.74) is 5.21. The van der Waals surface area contributed by atoms with Gasteiger partial charge < -0.3 is 10.2 Å². The molecular formula is C6H6N2O3S. The Balaban J connectivity index is 2.77. The fraction of sp³-hybridized carbons (Fsp3) is 0.167. The predicted molar refractivity (Wildman–Crippen MR) is 45.9 cm³/mol. The minimum absolute atomic E-state index is 0.249. The maximum atomic E-state index is 10.1. The lowest BCUT2D eigenvalue weighted by Crippen LogP contribution is -2.10. The van der Waals surface area contributed by atoms with Gasteiger partial charge in [0.05, 0.1) is 17.5 Å². The average Bonchev–Trinajstić information content (AvgIpc) is 2.34. The first kappa shape index (κ1) is 8.66. The van der Waals surface area contributed by atoms with Crippen molar-refractivity contribution in [3.8, 4) is 0 Å². The highest BCUT2D eigenvalue weighted by Crippen LogP contribution is 2.15. The molecule has 2 N–H and O–H groups in total. The SMILES string of the molecule is NC(=S)Cc1ccc([N+](=O)[O-])o1. The minimum Gasteiger partial charge on any atom is -0.405 e. The molecular weight excluding hydrogens is 180 g/mol. The van der Waals surface area contributed by atoms with E-state index < -0.39 is 4.92 Å². The highest BCUT2D eigenvalue weighted by atomic mass is 32.1. The molecule has 0 saturated heterocycles. The van der Waals surface area contributed by atoms with Crippen LogP contribution in [0.5, 0.6) is 0 Å². The third-order valence-corrected chi connectivity index (χ3v) is 1.32. The second-order valence-electron chi connectivity index (χ2n) is 2.14. The Kier molecular flexibility index (Phi) is 2.39. The number of thiocarbonyl (C=S) groups is 1. The molecule has 0 fully saturated rings. The summed E-state index contributed by atoms with van der Waals surface area (Å²) >= 11 is 4.60. The van der Waals surface area contributed by atoms with E-state index in [1.807, 2.05) is 0 Å². The molecule has 1 aromatic heterocycles. The maximum Gasteiger partial charge on any atom is 0.433 e. The van der Waals surface area contributed by atoms with Crippen molar-refractivity contribution in [2.45, 2.75) is 6.42 Å². The van der Waals surface area contributed by atoms with E-state index in [2.05, 4.69) is 12.2 Å². The first-order valence-electron chi connectivity index (χ1n) is 3.11. The van der Waals surface area contributed by atoms with Gasteiger partial charge >= 0.3 is 5.88 Å². The molecule has 0 unspecified atom stereocenters. The molecule has 5 nitrogen and oxygen atoms in total. The van der Waals surface area contributed by atoms with Crippen molar-refractivity contribution < 1.29 is 9.34 Å². The highest BCUT2D eigenvalue weighted by molar-refractivity contribution is 7.80. The van der Waals surface area contributed by atoms with E-state index in [1.165, 1.54) is 12.1 Å². The van der Waals surface area contributed by atoms with Crippen molar-refractivity contribution in [1.29, 1.82) is 0 Å². The Labute approximate surface area is 73.3 Å². The van der Waals surface area contributed by atoms with Gasteiger partial charge in [-0.25, -0.2) is 0 Å². The van der Waals surface area contributed by atoms with E-state index in [0.29, 0.717) is 5.76 Å². The summed E-state index contributed by atoms with van der Waals surface area (Å²) in [4.78, 5) is 9.79. The van der Waals surface area contributed by atoms with Crippen LogP contribution in [-0.4, -0.2) is 9.91 Å². The first-order chi connectivity index (χ1) is 5.59. The van der Waals surface area contributed by atoms with Gasteiger partial charge in [-0.3, -0.25) is 10.1 Å². The zero-order chi connectivity index (χ0) is 9.14. The summed E-state index contributed by atoms with van der Waals surface area (Å²) in [5.74, 6) is 0.121. The number of hydrogen-bond acceptors (Lipinski definition) is 4. The Morgan fingerprint density at radius 1 is 1.75 bits per heavy atom. The van der Waals surface area contributed by atoms with Crippen LogP contribution in [0.15, 0.2) is 16.5 Å². The number of nitro groups is 1. The van der Waals surface area contributed by atoms with Crippen LogP contribution in [0, 0.1) is 10.1 Å². The molecule has 64 valence electrons. The van der Waals surface area contributed by atoms with Gasteiger partial charge in [0.1, 0.15) is 10.7 Å². The van der Waals surface area contributed by atoms with Gasteiger partial charge in [-0.1, -0.05) is 12.2 Å². The molecule has 1 heterocycles. The van der Waals surface area contributed by atoms with E-state index in [9.17, 15) is 10.1 Å². The Morgan fingerprint density at radius 3 is 2.83 bits per heavy atom. The lowest BCUT2D eigenvalue weighted by atomic mass is 10.3. The van der Waals surface area contributed by atoms with E-state index in [0.717, 1.165) is 0 Å². The van der Waals surface area contributed by atoms with Crippen LogP contribution in [0.4, 0.5) is 5.88 Å². The summed E-state index contributed by atoms with van der Waals surface area (Å²) in [7, 11) is 0. The smallest absolute Gasteiger partial charge is 0.405 e. The second-order valence-corrected chi connectivity index (χ2v) is 2.66. The van der Waals surface area contributed by atoms with E-state index >= 15 is 0 Å². The number of rotatable bonds is 3. The molecule has 1 aromatic rings. The molecule has 0 atom stereocenters. The van der Waals surface area contributed by atoms with Gasteiger partial charge in [-0.05, 0) is 6.07 Å². The molecule has 1 rings (SSSR count). The van der Waals surface area contributed by atoms with Crippen LogP contribution < -0.4 is 5.73 Å². The number of nitrogens with two attached hydrogens (primary N) is 1. The molecule has 0 spiro atoms. The van der Waals surface area contributed by atoms with Gasteiger partial charge in [-0.15, -0.1) is 0 Å². The molecule has 6 heteroatoms. The Bertz CT molecular complexity index is 320.